The molecule has 1 aliphatic heterocycles. The summed E-state index contributed by atoms with van der Waals surface area (Å²) in [4.78, 5) is 22.0. The first kappa shape index (κ1) is 16.6. The predicted octanol–water partition coefficient (Wildman–Crippen LogP) is 3.19. The molecule has 6 nitrogen and oxygen atoms in total. The Morgan fingerprint density at radius 2 is 2.08 bits per heavy atom. The van der Waals surface area contributed by atoms with Gasteiger partial charge in [0.05, 0.1) is 29.5 Å². The number of benzene rings is 2. The van der Waals surface area contributed by atoms with Gasteiger partial charge in [-0.05, 0) is 35.9 Å². The smallest absolute Gasteiger partial charge is 0.260 e. The van der Waals surface area contributed by atoms with E-state index >= 15 is 0 Å². The van der Waals surface area contributed by atoms with Crippen LogP contribution in [0.25, 0.3) is 10.9 Å². The first-order chi connectivity index (χ1) is 12.6. The van der Waals surface area contributed by atoms with Crippen LogP contribution >= 0.6 is 11.6 Å². The Labute approximate surface area is 155 Å². The maximum absolute atomic E-state index is 12.2. The van der Waals surface area contributed by atoms with Crippen molar-refractivity contribution in [3.05, 3.63) is 69.7 Å². The molecule has 1 unspecified atom stereocenters. The summed E-state index contributed by atoms with van der Waals surface area (Å²) in [7, 11) is 1.69. The third-order valence-electron chi connectivity index (χ3n) is 4.36. The molecule has 1 atom stereocenters. The van der Waals surface area contributed by atoms with Crippen molar-refractivity contribution in [3.8, 4) is 0 Å². The lowest BCUT2D eigenvalue weighted by atomic mass is 10.1. The molecule has 0 bridgehead atoms. The molecule has 1 aliphatic rings. The molecule has 3 aromatic rings. The number of aryl methyl sites for hydroxylation is 1. The van der Waals surface area contributed by atoms with E-state index in [1.54, 1.807) is 7.05 Å². The van der Waals surface area contributed by atoms with E-state index in [1.165, 1.54) is 10.9 Å². The third-order valence-corrected chi connectivity index (χ3v) is 4.61. The second kappa shape index (κ2) is 6.80. The van der Waals surface area contributed by atoms with Crippen molar-refractivity contribution in [2.45, 2.75) is 12.5 Å². The Balaban J connectivity index is 1.42. The highest BCUT2D eigenvalue weighted by Crippen LogP contribution is 2.20. The van der Waals surface area contributed by atoms with Crippen molar-refractivity contribution in [3.63, 3.8) is 0 Å². The topological polar surface area (TPSA) is 68.5 Å². The van der Waals surface area contributed by atoms with Gasteiger partial charge in [-0.1, -0.05) is 28.9 Å². The van der Waals surface area contributed by atoms with Crippen molar-refractivity contribution in [2.75, 3.05) is 11.9 Å². The van der Waals surface area contributed by atoms with Crippen LogP contribution in [0, 0.1) is 0 Å². The molecule has 0 aliphatic carbocycles. The minimum atomic E-state index is -0.0656. The number of halogens is 1. The highest BCUT2D eigenvalue weighted by atomic mass is 35.5. The van der Waals surface area contributed by atoms with Crippen LogP contribution in [0.1, 0.15) is 12.0 Å². The maximum Gasteiger partial charge on any atom is 0.260 e. The molecule has 7 heteroatoms. The number of anilines is 1. The second-order valence-electron chi connectivity index (χ2n) is 6.25. The van der Waals surface area contributed by atoms with Gasteiger partial charge >= 0.3 is 0 Å². The highest BCUT2D eigenvalue weighted by molar-refractivity contribution is 6.30. The summed E-state index contributed by atoms with van der Waals surface area (Å²) in [5.74, 6) is 0. The molecule has 0 saturated carbocycles. The van der Waals surface area contributed by atoms with Gasteiger partial charge < -0.3 is 14.7 Å². The van der Waals surface area contributed by atoms with Crippen LogP contribution in [0.15, 0.2) is 58.7 Å². The Kier molecular flexibility index (Phi) is 4.34. The lowest BCUT2D eigenvalue weighted by Crippen LogP contribution is -2.21. The van der Waals surface area contributed by atoms with E-state index in [-0.39, 0.29) is 11.7 Å². The van der Waals surface area contributed by atoms with Crippen molar-refractivity contribution in [1.29, 1.82) is 0 Å². The van der Waals surface area contributed by atoms with Gasteiger partial charge in [-0.2, -0.15) is 0 Å². The summed E-state index contributed by atoms with van der Waals surface area (Å²) < 4.78 is 1.47. The number of nitrogens with zero attached hydrogens (tertiary/aromatic N) is 3. The van der Waals surface area contributed by atoms with E-state index < -0.39 is 0 Å². The molecule has 2 heterocycles. The summed E-state index contributed by atoms with van der Waals surface area (Å²) in [5.41, 5.74) is 3.39. The lowest BCUT2D eigenvalue weighted by Gasteiger charge is -2.11. The first-order valence-electron chi connectivity index (χ1n) is 8.28. The van der Waals surface area contributed by atoms with Gasteiger partial charge in [0.15, 0.2) is 0 Å². The third kappa shape index (κ3) is 3.28. The van der Waals surface area contributed by atoms with Crippen molar-refractivity contribution in [2.24, 2.45) is 12.2 Å². The fourth-order valence-corrected chi connectivity index (χ4v) is 3.03. The molecule has 2 aromatic carbocycles. The minimum absolute atomic E-state index is 0.0619. The standard InChI is InChI=1S/C19H17ClN4O2/c1-24-11-22-17-7-6-14(8-16(17)19(24)25)21-10-15-9-18(23-26-15)12-2-4-13(20)5-3-12/h2-8,11,15,21H,9-10H2,1H3. The minimum Gasteiger partial charge on any atom is -0.390 e. The van der Waals surface area contributed by atoms with E-state index in [9.17, 15) is 4.79 Å². The van der Waals surface area contributed by atoms with E-state index in [2.05, 4.69) is 15.5 Å². The van der Waals surface area contributed by atoms with Crippen molar-refractivity contribution >= 4 is 33.9 Å². The van der Waals surface area contributed by atoms with Gasteiger partial charge in [0, 0.05) is 24.2 Å². The maximum atomic E-state index is 12.2. The number of hydrogen-bond donors (Lipinski definition) is 1. The molecule has 4 rings (SSSR count). The SMILES string of the molecule is Cn1cnc2ccc(NCC3CC(c4ccc(Cl)cc4)=NO3)cc2c1=O. The van der Waals surface area contributed by atoms with Gasteiger partial charge in [-0.25, -0.2) is 4.98 Å². The summed E-state index contributed by atoms with van der Waals surface area (Å²) >= 11 is 5.92. The van der Waals surface area contributed by atoms with Gasteiger partial charge in [-0.3, -0.25) is 4.79 Å². The van der Waals surface area contributed by atoms with Crippen LogP contribution in [-0.4, -0.2) is 27.9 Å². The van der Waals surface area contributed by atoms with E-state index in [0.717, 1.165) is 17.0 Å². The Morgan fingerprint density at radius 3 is 2.88 bits per heavy atom. The van der Waals surface area contributed by atoms with Gasteiger partial charge in [0.25, 0.3) is 5.56 Å². The number of nitrogens with one attached hydrogen (secondary N) is 1. The van der Waals surface area contributed by atoms with Crippen LogP contribution in [0.3, 0.4) is 0 Å². The Hall–Kier alpha value is -2.86. The molecule has 0 radical (unpaired) electrons. The zero-order valence-electron chi connectivity index (χ0n) is 14.1. The van der Waals surface area contributed by atoms with Crippen LogP contribution in [0.2, 0.25) is 5.02 Å². The second-order valence-corrected chi connectivity index (χ2v) is 6.69. The Morgan fingerprint density at radius 1 is 1.27 bits per heavy atom. The first-order valence-corrected chi connectivity index (χ1v) is 8.66. The molecule has 0 saturated heterocycles. The monoisotopic (exact) mass is 368 g/mol. The van der Waals surface area contributed by atoms with Crippen LogP contribution in [-0.2, 0) is 11.9 Å². The molecular weight excluding hydrogens is 352 g/mol. The van der Waals surface area contributed by atoms with Crippen molar-refractivity contribution in [1.82, 2.24) is 9.55 Å². The zero-order valence-corrected chi connectivity index (χ0v) is 14.9. The average Bonchev–Trinajstić information content (AvgIpc) is 3.13. The quantitative estimate of drug-likeness (QED) is 0.767. The van der Waals surface area contributed by atoms with Gasteiger partial charge in [0.1, 0.15) is 6.10 Å². The molecular formula is C19H17ClN4O2. The molecule has 0 spiro atoms. The normalized spacial score (nSPS) is 16.4. The average molecular weight is 369 g/mol. The van der Waals surface area contributed by atoms with Gasteiger partial charge in [0.2, 0.25) is 0 Å². The number of hydrogen-bond acceptors (Lipinski definition) is 5. The number of rotatable bonds is 4. The van der Waals surface area contributed by atoms with Gasteiger partial charge in [-0.15, -0.1) is 0 Å². The van der Waals surface area contributed by atoms with Crippen LogP contribution in [0.4, 0.5) is 5.69 Å². The molecule has 26 heavy (non-hydrogen) atoms. The Bertz CT molecular complexity index is 1040. The molecule has 0 amide bonds. The summed E-state index contributed by atoms with van der Waals surface area (Å²) in [5, 5.41) is 8.77. The predicted molar refractivity (Wildman–Crippen MR) is 103 cm³/mol. The zero-order chi connectivity index (χ0) is 18.1. The summed E-state index contributed by atoms with van der Waals surface area (Å²) in [6, 6.07) is 13.1. The number of fused-ring (bicyclic) bond motifs is 1. The van der Waals surface area contributed by atoms with E-state index in [0.29, 0.717) is 28.9 Å². The number of oxime groups is 1. The molecule has 0 fully saturated rings. The summed E-state index contributed by atoms with van der Waals surface area (Å²) in [6.45, 7) is 0.590. The molecule has 132 valence electrons. The van der Waals surface area contributed by atoms with E-state index in [4.69, 9.17) is 16.4 Å². The lowest BCUT2D eigenvalue weighted by molar-refractivity contribution is 0.0949. The van der Waals surface area contributed by atoms with Crippen molar-refractivity contribution < 1.29 is 4.84 Å². The fourth-order valence-electron chi connectivity index (χ4n) is 2.90. The van der Waals surface area contributed by atoms with E-state index in [1.807, 2.05) is 42.5 Å². The van der Waals surface area contributed by atoms with Crippen LogP contribution in [0.5, 0.6) is 0 Å². The highest BCUT2D eigenvalue weighted by Gasteiger charge is 2.22. The molecule has 1 N–H and O–H groups in total. The molecule has 1 aromatic heterocycles. The fraction of sp³-hybridized carbons (Fsp3) is 0.211. The largest absolute Gasteiger partial charge is 0.390 e. The summed E-state index contributed by atoms with van der Waals surface area (Å²) in [6.07, 6.45) is 2.18. The number of aromatic nitrogens is 2. The van der Waals surface area contributed by atoms with Crippen LogP contribution < -0.4 is 10.9 Å².